The Morgan fingerprint density at radius 3 is 2.71 bits per heavy atom. The topological polar surface area (TPSA) is 73.1 Å². The fourth-order valence-electron chi connectivity index (χ4n) is 2.08. The number of carbonyl (C=O) groups is 1. The Balaban J connectivity index is 1.65. The van der Waals surface area contributed by atoms with Crippen molar-refractivity contribution in [2.45, 2.75) is 6.61 Å². The van der Waals surface area contributed by atoms with Crippen LogP contribution in [0.15, 0.2) is 55.0 Å². The van der Waals surface area contributed by atoms with Crippen molar-refractivity contribution in [3.8, 4) is 5.69 Å². The van der Waals surface area contributed by atoms with Gasteiger partial charge in [0.15, 0.2) is 12.4 Å². The Hall–Kier alpha value is -3.22. The largest absolute Gasteiger partial charge is 0.453 e. The molecule has 3 rings (SSSR count). The predicted molar refractivity (Wildman–Crippen MR) is 89.0 cm³/mol. The van der Waals surface area contributed by atoms with Crippen molar-refractivity contribution in [3.05, 3.63) is 66.5 Å². The van der Waals surface area contributed by atoms with Crippen molar-refractivity contribution < 1.29 is 9.53 Å². The van der Waals surface area contributed by atoms with Gasteiger partial charge in [-0.2, -0.15) is 0 Å². The van der Waals surface area contributed by atoms with Crippen LogP contribution in [-0.2, 0) is 11.3 Å². The average Bonchev–Trinajstić information content (AvgIpc) is 3.09. The standard InChI is InChI=1S/C17H17N5O2/c1-21(2)14-8-9-18-15(10-14)17(23)24-11-16-19-12-22(20-16)13-6-4-3-5-7-13/h3-10,12H,11H2,1-2H3. The van der Waals surface area contributed by atoms with Crippen LogP contribution >= 0.6 is 0 Å². The van der Waals surface area contributed by atoms with E-state index in [0.29, 0.717) is 5.82 Å². The van der Waals surface area contributed by atoms with E-state index < -0.39 is 5.97 Å². The summed E-state index contributed by atoms with van der Waals surface area (Å²) < 4.78 is 6.87. The number of aromatic nitrogens is 4. The Kier molecular flexibility index (Phi) is 4.51. The molecule has 0 unspecified atom stereocenters. The maximum atomic E-state index is 12.1. The molecule has 0 bridgehead atoms. The van der Waals surface area contributed by atoms with Crippen molar-refractivity contribution in [2.75, 3.05) is 19.0 Å². The molecule has 7 heteroatoms. The molecule has 0 spiro atoms. The average molecular weight is 323 g/mol. The van der Waals surface area contributed by atoms with Crippen molar-refractivity contribution in [3.63, 3.8) is 0 Å². The van der Waals surface area contributed by atoms with E-state index in [9.17, 15) is 4.79 Å². The van der Waals surface area contributed by atoms with Gasteiger partial charge in [-0.1, -0.05) is 18.2 Å². The molecule has 0 atom stereocenters. The molecule has 3 aromatic rings. The summed E-state index contributed by atoms with van der Waals surface area (Å²) >= 11 is 0. The molecule has 24 heavy (non-hydrogen) atoms. The van der Waals surface area contributed by atoms with Gasteiger partial charge in [0.25, 0.3) is 0 Å². The molecule has 2 heterocycles. The third kappa shape index (κ3) is 3.57. The third-order valence-electron chi connectivity index (χ3n) is 3.36. The van der Waals surface area contributed by atoms with Gasteiger partial charge in [-0.25, -0.2) is 19.4 Å². The number of pyridine rings is 1. The Bertz CT molecular complexity index is 830. The maximum Gasteiger partial charge on any atom is 0.357 e. The summed E-state index contributed by atoms with van der Waals surface area (Å²) in [7, 11) is 3.79. The van der Waals surface area contributed by atoms with E-state index in [0.717, 1.165) is 11.4 Å². The van der Waals surface area contributed by atoms with Crippen molar-refractivity contribution >= 4 is 11.7 Å². The van der Waals surface area contributed by atoms with Gasteiger partial charge in [0.2, 0.25) is 0 Å². The first-order valence-electron chi connectivity index (χ1n) is 7.40. The molecular weight excluding hydrogens is 306 g/mol. The molecule has 0 N–H and O–H groups in total. The summed E-state index contributed by atoms with van der Waals surface area (Å²) in [6.07, 6.45) is 3.16. The van der Waals surface area contributed by atoms with Gasteiger partial charge >= 0.3 is 5.97 Å². The SMILES string of the molecule is CN(C)c1ccnc(C(=O)OCc2ncn(-c3ccccc3)n2)c1. The number of anilines is 1. The van der Waals surface area contributed by atoms with Crippen LogP contribution < -0.4 is 4.90 Å². The van der Waals surface area contributed by atoms with E-state index in [1.165, 1.54) is 0 Å². The van der Waals surface area contributed by atoms with Crippen LogP contribution in [-0.4, -0.2) is 39.8 Å². The van der Waals surface area contributed by atoms with Crippen LogP contribution in [0, 0.1) is 0 Å². The molecule has 0 aliphatic rings. The first-order chi connectivity index (χ1) is 11.6. The molecule has 0 aliphatic heterocycles. The highest BCUT2D eigenvalue weighted by Gasteiger charge is 2.12. The summed E-state index contributed by atoms with van der Waals surface area (Å²) in [6, 6.07) is 13.1. The zero-order valence-corrected chi connectivity index (χ0v) is 13.5. The van der Waals surface area contributed by atoms with Crippen LogP contribution in [0.2, 0.25) is 0 Å². The van der Waals surface area contributed by atoms with E-state index in [1.807, 2.05) is 55.4 Å². The van der Waals surface area contributed by atoms with E-state index in [4.69, 9.17) is 4.74 Å². The second-order valence-corrected chi connectivity index (χ2v) is 5.31. The fourth-order valence-corrected chi connectivity index (χ4v) is 2.08. The molecule has 0 radical (unpaired) electrons. The minimum atomic E-state index is -0.505. The van der Waals surface area contributed by atoms with Gasteiger partial charge in [-0.15, -0.1) is 5.10 Å². The molecule has 0 amide bonds. The predicted octanol–water partition coefficient (Wildman–Crippen LogP) is 2.09. The van der Waals surface area contributed by atoms with Crippen molar-refractivity contribution in [1.29, 1.82) is 0 Å². The monoisotopic (exact) mass is 323 g/mol. The molecule has 1 aromatic carbocycles. The summed E-state index contributed by atoms with van der Waals surface area (Å²) in [5.74, 6) is -0.0780. The molecule has 0 saturated carbocycles. The van der Waals surface area contributed by atoms with Crippen LogP contribution in [0.1, 0.15) is 16.3 Å². The van der Waals surface area contributed by atoms with Gasteiger partial charge < -0.3 is 9.64 Å². The van der Waals surface area contributed by atoms with E-state index in [-0.39, 0.29) is 12.3 Å². The Labute approximate surface area is 139 Å². The number of ether oxygens (including phenoxy) is 1. The fraction of sp³-hybridized carbons (Fsp3) is 0.176. The smallest absolute Gasteiger partial charge is 0.357 e. The highest BCUT2D eigenvalue weighted by Crippen LogP contribution is 2.12. The second-order valence-electron chi connectivity index (χ2n) is 5.31. The second kappa shape index (κ2) is 6.91. The summed E-state index contributed by atoms with van der Waals surface area (Å²) in [5.41, 5.74) is 2.02. The maximum absolute atomic E-state index is 12.1. The van der Waals surface area contributed by atoms with Crippen LogP contribution in [0.5, 0.6) is 0 Å². The summed E-state index contributed by atoms with van der Waals surface area (Å²) in [5, 5.41) is 4.29. The first-order valence-corrected chi connectivity index (χ1v) is 7.40. The zero-order valence-electron chi connectivity index (χ0n) is 13.5. The number of carbonyl (C=O) groups excluding carboxylic acids is 1. The number of nitrogens with zero attached hydrogens (tertiary/aromatic N) is 5. The molecule has 7 nitrogen and oxygen atoms in total. The minimum Gasteiger partial charge on any atom is -0.453 e. The van der Waals surface area contributed by atoms with Gasteiger partial charge in [-0.05, 0) is 24.3 Å². The highest BCUT2D eigenvalue weighted by atomic mass is 16.5. The van der Waals surface area contributed by atoms with Gasteiger partial charge in [-0.3, -0.25) is 0 Å². The molecule has 0 aliphatic carbocycles. The lowest BCUT2D eigenvalue weighted by Crippen LogP contribution is -2.12. The quantitative estimate of drug-likeness (QED) is 0.669. The third-order valence-corrected chi connectivity index (χ3v) is 3.36. The molecule has 0 fully saturated rings. The van der Waals surface area contributed by atoms with Crippen molar-refractivity contribution in [1.82, 2.24) is 19.7 Å². The molecule has 0 saturated heterocycles. The van der Waals surface area contributed by atoms with E-state index in [1.54, 1.807) is 23.3 Å². The normalized spacial score (nSPS) is 10.4. The minimum absolute atomic E-state index is 0.00740. The molecule has 2 aromatic heterocycles. The van der Waals surface area contributed by atoms with E-state index in [2.05, 4.69) is 15.1 Å². The number of hydrogen-bond donors (Lipinski definition) is 0. The van der Waals surface area contributed by atoms with Gasteiger partial charge in [0.1, 0.15) is 12.0 Å². The number of rotatable bonds is 5. The number of hydrogen-bond acceptors (Lipinski definition) is 6. The van der Waals surface area contributed by atoms with E-state index >= 15 is 0 Å². The lowest BCUT2D eigenvalue weighted by molar-refractivity contribution is 0.0455. The first kappa shape index (κ1) is 15.7. The van der Waals surface area contributed by atoms with Crippen molar-refractivity contribution in [2.24, 2.45) is 0 Å². The summed E-state index contributed by atoms with van der Waals surface area (Å²) in [4.78, 5) is 22.2. The molecule has 122 valence electrons. The zero-order chi connectivity index (χ0) is 16.9. The number of benzene rings is 1. The number of esters is 1. The van der Waals surface area contributed by atoms with Crippen LogP contribution in [0.3, 0.4) is 0 Å². The Morgan fingerprint density at radius 1 is 1.17 bits per heavy atom. The number of para-hydroxylation sites is 1. The molecular formula is C17H17N5O2. The van der Waals surface area contributed by atoms with Gasteiger partial charge in [0.05, 0.1) is 5.69 Å². The van der Waals surface area contributed by atoms with Crippen LogP contribution in [0.25, 0.3) is 5.69 Å². The summed E-state index contributed by atoms with van der Waals surface area (Å²) in [6.45, 7) is -0.00740. The highest BCUT2D eigenvalue weighted by molar-refractivity contribution is 5.88. The lowest BCUT2D eigenvalue weighted by atomic mass is 10.3. The Morgan fingerprint density at radius 2 is 1.96 bits per heavy atom. The lowest BCUT2D eigenvalue weighted by Gasteiger charge is -2.12. The van der Waals surface area contributed by atoms with Crippen LogP contribution in [0.4, 0.5) is 5.69 Å². The van der Waals surface area contributed by atoms with Gasteiger partial charge in [0, 0.05) is 26.0 Å².